The summed E-state index contributed by atoms with van der Waals surface area (Å²) in [5.74, 6) is -0.758. The minimum Gasteiger partial charge on any atom is -0.481 e. The molecule has 1 amide bonds. The van der Waals surface area contributed by atoms with Crippen LogP contribution < -0.4 is 0 Å². The lowest BCUT2D eigenvalue weighted by Crippen LogP contribution is -2.39. The van der Waals surface area contributed by atoms with Crippen molar-refractivity contribution in [2.75, 3.05) is 13.1 Å². The zero-order valence-corrected chi connectivity index (χ0v) is 11.1. The van der Waals surface area contributed by atoms with Crippen molar-refractivity contribution in [2.24, 2.45) is 5.92 Å². The molecule has 2 rings (SSSR count). The number of aromatic nitrogens is 1. The molecule has 1 aromatic heterocycles. The summed E-state index contributed by atoms with van der Waals surface area (Å²) in [4.78, 5) is 28.5. The predicted octanol–water partition coefficient (Wildman–Crippen LogP) is 2.06. The number of likely N-dealkylation sites (tertiary alicyclic amines) is 1. The van der Waals surface area contributed by atoms with Crippen LogP contribution in [0.25, 0.3) is 0 Å². The topological polar surface area (TPSA) is 70.5 Å². The highest BCUT2D eigenvalue weighted by Gasteiger charge is 2.25. The van der Waals surface area contributed by atoms with E-state index in [1.807, 2.05) is 0 Å². The third kappa shape index (κ3) is 3.67. The minimum atomic E-state index is -0.777. The number of carbonyl (C=O) groups excluding carboxylic acids is 1. The fraction of sp³-hybridized carbons (Fsp3) is 0.462. The van der Waals surface area contributed by atoms with Gasteiger partial charge in [-0.15, -0.1) is 0 Å². The third-order valence-corrected chi connectivity index (χ3v) is 3.51. The Morgan fingerprint density at radius 2 is 2.05 bits per heavy atom. The number of halogens is 1. The standard InChI is InChI=1S/C13H15ClN2O3/c14-11-3-1-2-10(15-11)13(19)16-6-4-9(5-7-16)8-12(17)18/h1-3,9H,4-8H2,(H,17,18). The third-order valence-electron chi connectivity index (χ3n) is 3.30. The van der Waals surface area contributed by atoms with Crippen LogP contribution in [0.15, 0.2) is 18.2 Å². The van der Waals surface area contributed by atoms with E-state index in [4.69, 9.17) is 16.7 Å². The van der Waals surface area contributed by atoms with Gasteiger partial charge < -0.3 is 10.0 Å². The summed E-state index contributed by atoms with van der Waals surface area (Å²) in [5, 5.41) is 9.04. The number of nitrogens with zero attached hydrogens (tertiary/aromatic N) is 2. The Morgan fingerprint density at radius 3 is 2.63 bits per heavy atom. The quantitative estimate of drug-likeness (QED) is 0.862. The van der Waals surface area contributed by atoms with Crippen LogP contribution in [0.4, 0.5) is 0 Å². The van der Waals surface area contributed by atoms with Gasteiger partial charge in [0.1, 0.15) is 10.8 Å². The average Bonchev–Trinajstić information content (AvgIpc) is 2.38. The number of hydrogen-bond acceptors (Lipinski definition) is 3. The van der Waals surface area contributed by atoms with Crippen molar-refractivity contribution < 1.29 is 14.7 Å². The molecule has 1 N–H and O–H groups in total. The van der Waals surface area contributed by atoms with Crippen LogP contribution in [-0.4, -0.2) is 40.0 Å². The van der Waals surface area contributed by atoms with E-state index in [0.717, 1.165) is 12.8 Å². The number of aliphatic carboxylic acids is 1. The van der Waals surface area contributed by atoms with Gasteiger partial charge in [0.25, 0.3) is 5.91 Å². The van der Waals surface area contributed by atoms with Gasteiger partial charge >= 0.3 is 5.97 Å². The molecule has 0 atom stereocenters. The number of hydrogen-bond donors (Lipinski definition) is 1. The average molecular weight is 283 g/mol. The molecule has 1 aliphatic rings. The van der Waals surface area contributed by atoms with Gasteiger partial charge in [-0.05, 0) is 30.9 Å². The summed E-state index contributed by atoms with van der Waals surface area (Å²) in [6, 6.07) is 4.95. The summed E-state index contributed by atoms with van der Waals surface area (Å²) < 4.78 is 0. The van der Waals surface area contributed by atoms with Crippen LogP contribution in [-0.2, 0) is 4.79 Å². The molecular weight excluding hydrogens is 268 g/mol. The highest BCUT2D eigenvalue weighted by atomic mass is 35.5. The maximum absolute atomic E-state index is 12.2. The van der Waals surface area contributed by atoms with Gasteiger partial charge in [0.15, 0.2) is 0 Å². The number of carboxylic acid groups (broad SMARTS) is 1. The Labute approximate surface area is 116 Å². The molecule has 0 aliphatic carbocycles. The second-order valence-corrected chi connectivity index (χ2v) is 5.07. The molecule has 1 fully saturated rings. The number of amides is 1. The lowest BCUT2D eigenvalue weighted by Gasteiger charge is -2.31. The fourth-order valence-electron chi connectivity index (χ4n) is 2.28. The Bertz CT molecular complexity index is 485. The number of carboxylic acids is 1. The fourth-order valence-corrected chi connectivity index (χ4v) is 2.44. The molecular formula is C13H15ClN2O3. The highest BCUT2D eigenvalue weighted by molar-refractivity contribution is 6.29. The number of rotatable bonds is 3. The van der Waals surface area contributed by atoms with Crippen molar-refractivity contribution in [3.8, 4) is 0 Å². The summed E-state index contributed by atoms with van der Waals surface area (Å²) in [5.41, 5.74) is 0.337. The van der Waals surface area contributed by atoms with Crippen LogP contribution >= 0.6 is 11.6 Å². The van der Waals surface area contributed by atoms with Crippen molar-refractivity contribution in [3.05, 3.63) is 29.0 Å². The largest absolute Gasteiger partial charge is 0.481 e. The lowest BCUT2D eigenvalue weighted by atomic mass is 9.93. The van der Waals surface area contributed by atoms with Crippen LogP contribution in [0.3, 0.4) is 0 Å². The zero-order chi connectivity index (χ0) is 13.8. The first-order valence-corrected chi connectivity index (χ1v) is 6.57. The first-order valence-electron chi connectivity index (χ1n) is 6.20. The monoisotopic (exact) mass is 282 g/mol. The Hall–Kier alpha value is -1.62. The molecule has 1 aromatic rings. The van der Waals surface area contributed by atoms with Crippen molar-refractivity contribution in [2.45, 2.75) is 19.3 Å². The van der Waals surface area contributed by atoms with E-state index in [9.17, 15) is 9.59 Å². The molecule has 0 unspecified atom stereocenters. The van der Waals surface area contributed by atoms with Gasteiger partial charge in [0.05, 0.1) is 0 Å². The van der Waals surface area contributed by atoms with E-state index < -0.39 is 5.97 Å². The maximum Gasteiger partial charge on any atom is 0.303 e. The first-order chi connectivity index (χ1) is 9.06. The lowest BCUT2D eigenvalue weighted by molar-refractivity contribution is -0.138. The summed E-state index contributed by atoms with van der Waals surface area (Å²) in [7, 11) is 0. The molecule has 0 saturated carbocycles. The van der Waals surface area contributed by atoms with Crippen LogP contribution in [0.5, 0.6) is 0 Å². The number of pyridine rings is 1. The summed E-state index contributed by atoms with van der Waals surface area (Å²) in [6.07, 6.45) is 1.62. The Balaban J connectivity index is 1.94. The second kappa shape index (κ2) is 6.02. The molecule has 5 nitrogen and oxygen atoms in total. The number of carbonyl (C=O) groups is 2. The number of piperidine rings is 1. The SMILES string of the molecule is O=C(O)CC1CCN(C(=O)c2cccc(Cl)n2)CC1. The van der Waals surface area contributed by atoms with Crippen molar-refractivity contribution in [1.82, 2.24) is 9.88 Å². The van der Waals surface area contributed by atoms with E-state index in [2.05, 4.69) is 4.98 Å². The molecule has 0 bridgehead atoms. The molecule has 102 valence electrons. The molecule has 2 heterocycles. The van der Waals surface area contributed by atoms with Gasteiger partial charge in [0.2, 0.25) is 0 Å². The van der Waals surface area contributed by atoms with Gasteiger partial charge in [-0.25, -0.2) is 4.98 Å². The van der Waals surface area contributed by atoms with Gasteiger partial charge in [0, 0.05) is 19.5 Å². The van der Waals surface area contributed by atoms with Crippen molar-refractivity contribution in [3.63, 3.8) is 0 Å². The van der Waals surface area contributed by atoms with Crippen LogP contribution in [0.2, 0.25) is 5.15 Å². The van der Waals surface area contributed by atoms with E-state index >= 15 is 0 Å². The molecule has 0 spiro atoms. The molecule has 0 aromatic carbocycles. The maximum atomic E-state index is 12.2. The first kappa shape index (κ1) is 13.8. The van der Waals surface area contributed by atoms with Crippen molar-refractivity contribution in [1.29, 1.82) is 0 Å². The molecule has 1 aliphatic heterocycles. The van der Waals surface area contributed by atoms with E-state index in [1.54, 1.807) is 23.1 Å². The second-order valence-electron chi connectivity index (χ2n) is 4.68. The highest BCUT2D eigenvalue weighted by Crippen LogP contribution is 2.21. The Morgan fingerprint density at radius 1 is 1.37 bits per heavy atom. The minimum absolute atomic E-state index is 0.142. The van der Waals surface area contributed by atoms with Gasteiger partial charge in [-0.1, -0.05) is 17.7 Å². The van der Waals surface area contributed by atoms with Gasteiger partial charge in [-0.2, -0.15) is 0 Å². The predicted molar refractivity (Wildman–Crippen MR) is 70.1 cm³/mol. The molecule has 1 saturated heterocycles. The molecule has 6 heteroatoms. The summed E-state index contributed by atoms with van der Waals surface area (Å²) in [6.45, 7) is 1.15. The van der Waals surface area contributed by atoms with Gasteiger partial charge in [-0.3, -0.25) is 9.59 Å². The van der Waals surface area contributed by atoms with Crippen molar-refractivity contribution >= 4 is 23.5 Å². The van der Waals surface area contributed by atoms with E-state index in [1.165, 1.54) is 0 Å². The normalized spacial score (nSPS) is 16.4. The molecule has 0 radical (unpaired) electrons. The Kier molecular flexibility index (Phi) is 4.37. The smallest absolute Gasteiger partial charge is 0.303 e. The van der Waals surface area contributed by atoms with E-state index in [-0.39, 0.29) is 18.2 Å². The van der Waals surface area contributed by atoms with E-state index in [0.29, 0.717) is 23.9 Å². The van der Waals surface area contributed by atoms with Crippen LogP contribution in [0, 0.1) is 5.92 Å². The van der Waals surface area contributed by atoms with Crippen LogP contribution in [0.1, 0.15) is 29.8 Å². The zero-order valence-electron chi connectivity index (χ0n) is 10.4. The summed E-state index contributed by atoms with van der Waals surface area (Å²) >= 11 is 5.76. The molecule has 19 heavy (non-hydrogen) atoms.